The molecule has 1 aliphatic rings. The Morgan fingerprint density at radius 3 is 2.36 bits per heavy atom. The van der Waals surface area contributed by atoms with E-state index in [0.717, 1.165) is 10.8 Å². The van der Waals surface area contributed by atoms with Gasteiger partial charge < -0.3 is 52.0 Å². The minimum absolute atomic E-state index is 0.0205. The number of benzene rings is 3. The van der Waals surface area contributed by atoms with Crippen molar-refractivity contribution in [3.05, 3.63) is 95.8 Å². The first-order valence-corrected chi connectivity index (χ1v) is 19.0. The molecule has 314 valence electrons. The maximum Gasteiger partial charge on any atom is 0.407 e. The van der Waals surface area contributed by atoms with Gasteiger partial charge in [-0.15, -0.1) is 5.10 Å². The molecule has 2 unspecified atom stereocenters. The van der Waals surface area contributed by atoms with Gasteiger partial charge in [-0.2, -0.15) is 0 Å². The van der Waals surface area contributed by atoms with E-state index in [0.29, 0.717) is 12.0 Å². The van der Waals surface area contributed by atoms with Crippen molar-refractivity contribution < 1.29 is 48.8 Å². The van der Waals surface area contributed by atoms with Crippen LogP contribution in [-0.2, 0) is 31.3 Å². The number of carbonyl (C=O) groups is 6. The third-order valence-corrected chi connectivity index (χ3v) is 9.91. The summed E-state index contributed by atoms with van der Waals surface area (Å²) in [6, 6.07) is 16.6. The second kappa shape index (κ2) is 19.7. The van der Waals surface area contributed by atoms with Gasteiger partial charge in [-0.3, -0.25) is 19.2 Å². The Kier molecular flexibility index (Phi) is 14.5. The Morgan fingerprint density at radius 1 is 0.949 bits per heavy atom. The number of ether oxygens (including phenoxy) is 1. The number of nitrogens with zero attached hydrogens (tertiary/aromatic N) is 4. The Hall–Kier alpha value is -6.60. The van der Waals surface area contributed by atoms with Crippen LogP contribution < -0.4 is 27.0 Å². The second-order valence-electron chi connectivity index (χ2n) is 14.7. The largest absolute Gasteiger partial charge is 0.465 e. The zero-order chi connectivity index (χ0) is 42.7. The SMILES string of the molecule is CC(C)(O)c1cnnn1[C@H]1C[C@@H](C(=O)NC(CCCCNC(=O)O)C(O)C(N)=O)N(C(=O)[C@@H](CNC(=O)OCc2ccccc2)NC(=O)c2ccc3ccccc3c2)C1. The van der Waals surface area contributed by atoms with Crippen LogP contribution in [0, 0.1) is 0 Å². The summed E-state index contributed by atoms with van der Waals surface area (Å²) < 4.78 is 6.75. The van der Waals surface area contributed by atoms with E-state index in [1.807, 2.05) is 30.3 Å². The number of aliphatic hydroxyl groups excluding tert-OH is 1. The first-order chi connectivity index (χ1) is 28.1. The van der Waals surface area contributed by atoms with Crippen molar-refractivity contribution in [1.82, 2.24) is 41.2 Å². The number of rotatable bonds is 18. The Balaban J connectivity index is 1.43. The van der Waals surface area contributed by atoms with Crippen LogP contribution >= 0.6 is 0 Å². The highest BCUT2D eigenvalue weighted by Crippen LogP contribution is 2.32. The Bertz CT molecular complexity index is 2120. The number of carboxylic acid groups (broad SMARTS) is 1. The van der Waals surface area contributed by atoms with Gasteiger partial charge >= 0.3 is 12.2 Å². The number of amides is 6. The molecule has 2 heterocycles. The number of primary amides is 1. The zero-order valence-electron chi connectivity index (χ0n) is 32.6. The molecule has 19 heteroatoms. The number of unbranched alkanes of at least 4 members (excludes halogenated alkanes) is 1. The third-order valence-electron chi connectivity index (χ3n) is 9.91. The van der Waals surface area contributed by atoms with E-state index in [-0.39, 0.29) is 50.2 Å². The molecule has 3 aromatic carbocycles. The molecule has 0 saturated carbocycles. The fraction of sp³-hybridized carbons (Fsp3) is 0.400. The number of aliphatic hydroxyl groups is 2. The van der Waals surface area contributed by atoms with Crippen molar-refractivity contribution in [2.24, 2.45) is 5.73 Å². The summed E-state index contributed by atoms with van der Waals surface area (Å²) in [4.78, 5) is 79.8. The van der Waals surface area contributed by atoms with Gasteiger partial charge in [0.25, 0.3) is 5.91 Å². The van der Waals surface area contributed by atoms with Crippen LogP contribution in [0.5, 0.6) is 0 Å². The van der Waals surface area contributed by atoms with Crippen molar-refractivity contribution in [3.8, 4) is 0 Å². The maximum atomic E-state index is 14.7. The first kappa shape index (κ1) is 43.5. The number of aromatic nitrogens is 3. The molecule has 4 aromatic rings. The Labute approximate surface area is 339 Å². The molecular weight excluding hydrogens is 766 g/mol. The molecule has 59 heavy (non-hydrogen) atoms. The smallest absolute Gasteiger partial charge is 0.407 e. The van der Waals surface area contributed by atoms with Gasteiger partial charge in [-0.25, -0.2) is 14.3 Å². The van der Waals surface area contributed by atoms with Crippen LogP contribution in [-0.4, -0.2) is 115 Å². The van der Waals surface area contributed by atoms with E-state index < -0.39 is 78.2 Å². The van der Waals surface area contributed by atoms with Crippen LogP contribution in [0.15, 0.2) is 79.0 Å². The van der Waals surface area contributed by atoms with Crippen LogP contribution in [0.2, 0.25) is 0 Å². The summed E-state index contributed by atoms with van der Waals surface area (Å²) in [5, 5.41) is 50.3. The number of alkyl carbamates (subject to hydrolysis) is 1. The van der Waals surface area contributed by atoms with Crippen molar-refractivity contribution in [3.63, 3.8) is 0 Å². The number of nitrogens with one attached hydrogen (secondary N) is 4. The van der Waals surface area contributed by atoms with Gasteiger partial charge in [0.15, 0.2) is 6.10 Å². The van der Waals surface area contributed by atoms with Crippen LogP contribution in [0.4, 0.5) is 9.59 Å². The molecule has 1 saturated heterocycles. The molecule has 1 fully saturated rings. The molecule has 1 aromatic heterocycles. The van der Waals surface area contributed by atoms with Gasteiger partial charge in [-0.05, 0) is 61.6 Å². The van der Waals surface area contributed by atoms with Crippen molar-refractivity contribution >= 4 is 46.6 Å². The summed E-state index contributed by atoms with van der Waals surface area (Å²) in [7, 11) is 0. The summed E-state index contributed by atoms with van der Waals surface area (Å²) in [6.45, 7) is 2.43. The van der Waals surface area contributed by atoms with E-state index in [1.165, 1.54) is 29.6 Å². The van der Waals surface area contributed by atoms with Crippen molar-refractivity contribution in [2.75, 3.05) is 19.6 Å². The molecule has 19 nitrogen and oxygen atoms in total. The molecule has 6 amide bonds. The van der Waals surface area contributed by atoms with E-state index in [2.05, 4.69) is 31.6 Å². The number of hydrogen-bond donors (Lipinski definition) is 8. The summed E-state index contributed by atoms with van der Waals surface area (Å²) >= 11 is 0. The lowest BCUT2D eigenvalue weighted by Gasteiger charge is -2.30. The summed E-state index contributed by atoms with van der Waals surface area (Å²) in [6.07, 6.45) is -2.05. The molecule has 5 rings (SSSR count). The molecule has 0 radical (unpaired) electrons. The first-order valence-electron chi connectivity index (χ1n) is 19.0. The maximum absolute atomic E-state index is 14.7. The van der Waals surface area contributed by atoms with Crippen molar-refractivity contribution in [2.45, 2.75) is 82.0 Å². The minimum atomic E-state index is -1.83. The number of nitrogens with two attached hydrogens (primary N) is 1. The lowest BCUT2D eigenvalue weighted by molar-refractivity contribution is -0.141. The highest BCUT2D eigenvalue weighted by atomic mass is 16.5. The lowest BCUT2D eigenvalue weighted by atomic mass is 10.0. The molecule has 0 spiro atoms. The average Bonchev–Trinajstić information content (AvgIpc) is 3.89. The molecule has 5 atom stereocenters. The van der Waals surface area contributed by atoms with Gasteiger partial charge in [0.2, 0.25) is 17.7 Å². The van der Waals surface area contributed by atoms with Crippen LogP contribution in [0.25, 0.3) is 10.8 Å². The van der Waals surface area contributed by atoms with Crippen LogP contribution in [0.1, 0.15) is 67.2 Å². The molecule has 9 N–H and O–H groups in total. The Morgan fingerprint density at radius 2 is 1.66 bits per heavy atom. The van der Waals surface area contributed by atoms with Crippen LogP contribution in [0.3, 0.4) is 0 Å². The van der Waals surface area contributed by atoms with E-state index in [1.54, 1.807) is 42.5 Å². The minimum Gasteiger partial charge on any atom is -0.465 e. The monoisotopic (exact) mass is 815 g/mol. The lowest BCUT2D eigenvalue weighted by Crippen LogP contribution is -2.58. The van der Waals surface area contributed by atoms with Gasteiger partial charge in [0.05, 0.1) is 30.5 Å². The topological polar surface area (TPSA) is 280 Å². The van der Waals surface area contributed by atoms with E-state index in [4.69, 9.17) is 15.6 Å². The molecule has 1 aliphatic heterocycles. The summed E-state index contributed by atoms with van der Waals surface area (Å²) in [5.41, 5.74) is 5.21. The second-order valence-corrected chi connectivity index (χ2v) is 14.7. The highest BCUT2D eigenvalue weighted by Gasteiger charge is 2.45. The van der Waals surface area contributed by atoms with Gasteiger partial charge in [-0.1, -0.05) is 65.9 Å². The van der Waals surface area contributed by atoms with E-state index in [9.17, 15) is 39.0 Å². The molecule has 0 bridgehead atoms. The van der Waals surface area contributed by atoms with Gasteiger partial charge in [0.1, 0.15) is 24.3 Å². The standard InChI is InChI=1S/C40H49N9O10/c1-40(2,58)32-21-44-47-49(32)28-19-31(36(53)45-29(33(50)34(41)51)14-8-9-17-42-38(55)56)48(22-28)37(54)30(20-43-39(57)59-23-24-10-4-3-5-11-24)46-35(52)27-16-15-25-12-6-7-13-26(25)18-27/h3-7,10-13,15-16,18,21,28-31,33,42,50,58H,8-9,14,17,19-20,22-23H2,1-2H3,(H2,41,51)(H,43,57)(H,45,53)(H,46,52)(H,55,56)/t28-,29?,30+,31-,33?/m0/s1. The number of hydrogen-bond acceptors (Lipinski definition) is 11. The number of likely N-dealkylation sites (tertiary alicyclic amines) is 1. The van der Waals surface area contributed by atoms with Gasteiger partial charge in [0, 0.05) is 25.1 Å². The van der Waals surface area contributed by atoms with E-state index >= 15 is 0 Å². The third kappa shape index (κ3) is 11.7. The predicted molar refractivity (Wildman–Crippen MR) is 211 cm³/mol. The average molecular weight is 816 g/mol. The normalized spacial score (nSPS) is 16.7. The quantitative estimate of drug-likeness (QED) is 0.0660. The van der Waals surface area contributed by atoms with Crippen molar-refractivity contribution in [1.29, 1.82) is 0 Å². The number of carbonyl (C=O) groups excluding carboxylic acids is 5. The zero-order valence-corrected chi connectivity index (χ0v) is 32.6. The predicted octanol–water partition coefficient (Wildman–Crippen LogP) is 1.29. The highest BCUT2D eigenvalue weighted by molar-refractivity contribution is 6.01. The molecular formula is C40H49N9O10. The fourth-order valence-electron chi connectivity index (χ4n) is 6.84. The summed E-state index contributed by atoms with van der Waals surface area (Å²) in [5.74, 6) is -3.32. The molecule has 0 aliphatic carbocycles. The number of fused-ring (bicyclic) bond motifs is 1. The fourth-order valence-corrected chi connectivity index (χ4v) is 6.84.